The highest BCUT2D eigenvalue weighted by molar-refractivity contribution is 5.80. The van der Waals surface area contributed by atoms with Crippen LogP contribution < -0.4 is 15.4 Å². The van der Waals surface area contributed by atoms with Gasteiger partial charge in [-0.15, -0.1) is 0 Å². The van der Waals surface area contributed by atoms with Crippen LogP contribution in [0.25, 0.3) is 5.82 Å². The Morgan fingerprint density at radius 2 is 2.06 bits per heavy atom. The Kier molecular flexibility index (Phi) is 5.93. The van der Waals surface area contributed by atoms with E-state index in [0.29, 0.717) is 6.54 Å². The molecule has 31 heavy (non-hydrogen) atoms. The van der Waals surface area contributed by atoms with Gasteiger partial charge in [0.15, 0.2) is 5.96 Å². The number of fused-ring (bicyclic) bond motifs is 1. The smallest absolute Gasteiger partial charge is 0.192 e. The number of imidazole rings is 1. The van der Waals surface area contributed by atoms with Gasteiger partial charge in [0, 0.05) is 37.1 Å². The van der Waals surface area contributed by atoms with Gasteiger partial charge in [0.25, 0.3) is 0 Å². The van der Waals surface area contributed by atoms with Crippen molar-refractivity contribution in [3.63, 3.8) is 0 Å². The monoisotopic (exact) mass is 418 g/mol. The van der Waals surface area contributed by atoms with Crippen LogP contribution in [0.5, 0.6) is 5.75 Å². The lowest BCUT2D eigenvalue weighted by Crippen LogP contribution is -2.45. The van der Waals surface area contributed by atoms with Gasteiger partial charge in [0.05, 0.1) is 12.6 Å². The first-order chi connectivity index (χ1) is 14.9. The lowest BCUT2D eigenvalue weighted by atomic mass is 9.90. The molecule has 1 aromatic carbocycles. The lowest BCUT2D eigenvalue weighted by Gasteiger charge is -2.38. The zero-order valence-electron chi connectivity index (χ0n) is 18.6. The van der Waals surface area contributed by atoms with E-state index in [0.717, 1.165) is 47.4 Å². The molecule has 0 amide bonds. The van der Waals surface area contributed by atoms with Crippen molar-refractivity contribution in [2.24, 2.45) is 4.99 Å². The second-order valence-corrected chi connectivity index (χ2v) is 8.36. The van der Waals surface area contributed by atoms with E-state index in [2.05, 4.69) is 59.6 Å². The number of ether oxygens (including phenoxy) is 1. The van der Waals surface area contributed by atoms with Crippen LogP contribution in [-0.4, -0.2) is 32.6 Å². The molecule has 0 radical (unpaired) electrons. The van der Waals surface area contributed by atoms with E-state index in [-0.39, 0.29) is 11.6 Å². The van der Waals surface area contributed by atoms with Gasteiger partial charge in [0.2, 0.25) is 0 Å². The van der Waals surface area contributed by atoms with Crippen molar-refractivity contribution in [2.45, 2.75) is 52.3 Å². The number of pyridine rings is 1. The Morgan fingerprint density at radius 3 is 2.77 bits per heavy atom. The fourth-order valence-electron chi connectivity index (χ4n) is 3.86. The second-order valence-electron chi connectivity index (χ2n) is 8.36. The number of aryl methyl sites for hydroxylation is 1. The number of rotatable bonds is 5. The number of aliphatic imine (C=N–C) groups is 1. The van der Waals surface area contributed by atoms with Crippen LogP contribution in [-0.2, 0) is 6.54 Å². The van der Waals surface area contributed by atoms with Crippen LogP contribution in [0, 0.1) is 6.92 Å². The number of nitrogens with zero attached hydrogens (tertiary/aromatic N) is 4. The highest BCUT2D eigenvalue weighted by atomic mass is 16.5. The molecule has 0 aliphatic carbocycles. The second kappa shape index (κ2) is 8.79. The first-order valence-corrected chi connectivity index (χ1v) is 10.7. The van der Waals surface area contributed by atoms with Crippen LogP contribution in [0.15, 0.2) is 60.0 Å². The molecule has 1 aliphatic heterocycles. The van der Waals surface area contributed by atoms with E-state index < -0.39 is 0 Å². The normalized spacial score (nSPS) is 17.5. The summed E-state index contributed by atoms with van der Waals surface area (Å²) in [7, 11) is 0. The van der Waals surface area contributed by atoms with Crippen molar-refractivity contribution >= 4 is 5.96 Å². The molecule has 1 aliphatic rings. The summed E-state index contributed by atoms with van der Waals surface area (Å²) in [4.78, 5) is 13.6. The Balaban J connectivity index is 1.49. The molecule has 0 saturated heterocycles. The van der Waals surface area contributed by atoms with Crippen LogP contribution in [0.1, 0.15) is 50.2 Å². The fourth-order valence-corrected chi connectivity index (χ4v) is 3.86. The summed E-state index contributed by atoms with van der Waals surface area (Å²) in [6.07, 6.45) is 6.42. The zero-order chi connectivity index (χ0) is 21.8. The molecule has 2 N–H and O–H groups in total. The molecule has 0 fully saturated rings. The van der Waals surface area contributed by atoms with Gasteiger partial charge in [-0.2, -0.15) is 0 Å². The molecule has 3 aromatic rings. The predicted octanol–water partition coefficient (Wildman–Crippen LogP) is 3.93. The van der Waals surface area contributed by atoms with E-state index in [1.165, 1.54) is 0 Å². The van der Waals surface area contributed by atoms with Gasteiger partial charge in [0.1, 0.15) is 23.0 Å². The minimum absolute atomic E-state index is 0.127. The Bertz CT molecular complexity index is 1050. The summed E-state index contributed by atoms with van der Waals surface area (Å²) in [5.74, 6) is 3.49. The standard InChI is InChI=1S/C24H30N6O/c1-5-25-23(29-20-14-24(3,4)31-21-9-7-6-8-19(20)21)28-16-18-10-11-22(27-15-18)30-13-12-26-17(30)2/h6-13,15,20H,5,14,16H2,1-4H3,(H2,25,28,29). The highest BCUT2D eigenvalue weighted by Crippen LogP contribution is 2.39. The molecule has 0 spiro atoms. The Morgan fingerprint density at radius 1 is 1.23 bits per heavy atom. The highest BCUT2D eigenvalue weighted by Gasteiger charge is 2.33. The van der Waals surface area contributed by atoms with Crippen LogP contribution >= 0.6 is 0 Å². The summed E-state index contributed by atoms with van der Waals surface area (Å²) >= 11 is 0. The third kappa shape index (κ3) is 4.87. The number of nitrogens with one attached hydrogen (secondary N) is 2. The van der Waals surface area contributed by atoms with Gasteiger partial charge in [-0.3, -0.25) is 4.57 Å². The van der Waals surface area contributed by atoms with E-state index in [4.69, 9.17) is 9.73 Å². The maximum absolute atomic E-state index is 6.16. The maximum Gasteiger partial charge on any atom is 0.192 e. The van der Waals surface area contributed by atoms with Crippen molar-refractivity contribution in [1.82, 2.24) is 25.2 Å². The molecular weight excluding hydrogens is 388 g/mol. The number of aromatic nitrogens is 3. The number of hydrogen-bond acceptors (Lipinski definition) is 4. The Hall–Kier alpha value is -3.35. The molecule has 1 unspecified atom stereocenters. The van der Waals surface area contributed by atoms with E-state index in [9.17, 15) is 0 Å². The van der Waals surface area contributed by atoms with Gasteiger partial charge < -0.3 is 15.4 Å². The van der Waals surface area contributed by atoms with Crippen LogP contribution in [0.4, 0.5) is 0 Å². The SMILES string of the molecule is CCNC(=NCc1ccc(-n2ccnc2C)nc1)NC1CC(C)(C)Oc2ccccc21. The Labute approximate surface area is 183 Å². The van der Waals surface area contributed by atoms with Gasteiger partial charge in [-0.1, -0.05) is 24.3 Å². The van der Waals surface area contributed by atoms with Crippen molar-refractivity contribution in [3.05, 3.63) is 71.9 Å². The molecule has 3 heterocycles. The van der Waals surface area contributed by atoms with Gasteiger partial charge in [-0.25, -0.2) is 15.0 Å². The summed E-state index contributed by atoms with van der Waals surface area (Å²) < 4.78 is 8.12. The van der Waals surface area contributed by atoms with Crippen LogP contribution in [0.3, 0.4) is 0 Å². The largest absolute Gasteiger partial charge is 0.487 e. The van der Waals surface area contributed by atoms with E-state index in [1.807, 2.05) is 42.1 Å². The average Bonchev–Trinajstić information content (AvgIpc) is 3.17. The first-order valence-electron chi connectivity index (χ1n) is 10.7. The molecule has 4 rings (SSSR count). The number of guanidine groups is 1. The van der Waals surface area contributed by atoms with Crippen molar-refractivity contribution in [3.8, 4) is 11.6 Å². The third-order valence-electron chi connectivity index (χ3n) is 5.33. The summed E-state index contributed by atoms with van der Waals surface area (Å²) in [5, 5.41) is 6.97. The van der Waals surface area contributed by atoms with Crippen LogP contribution in [0.2, 0.25) is 0 Å². The molecule has 7 heteroatoms. The summed E-state index contributed by atoms with van der Waals surface area (Å²) in [6.45, 7) is 9.61. The molecular formula is C24H30N6O. The maximum atomic E-state index is 6.16. The van der Waals surface area contributed by atoms with E-state index >= 15 is 0 Å². The third-order valence-corrected chi connectivity index (χ3v) is 5.33. The number of hydrogen-bond donors (Lipinski definition) is 2. The predicted molar refractivity (Wildman–Crippen MR) is 123 cm³/mol. The number of benzene rings is 1. The van der Waals surface area contributed by atoms with Gasteiger partial charge >= 0.3 is 0 Å². The molecule has 2 aromatic heterocycles. The average molecular weight is 419 g/mol. The molecule has 162 valence electrons. The van der Waals surface area contributed by atoms with Crippen molar-refractivity contribution in [2.75, 3.05) is 6.54 Å². The fraction of sp³-hybridized carbons (Fsp3) is 0.375. The minimum atomic E-state index is -0.242. The quantitative estimate of drug-likeness (QED) is 0.485. The molecule has 7 nitrogen and oxygen atoms in total. The zero-order valence-corrected chi connectivity index (χ0v) is 18.6. The van der Waals surface area contributed by atoms with Crippen molar-refractivity contribution in [1.29, 1.82) is 0 Å². The molecule has 0 bridgehead atoms. The summed E-state index contributed by atoms with van der Waals surface area (Å²) in [6, 6.07) is 12.4. The number of para-hydroxylation sites is 1. The topological polar surface area (TPSA) is 76.4 Å². The van der Waals surface area contributed by atoms with E-state index in [1.54, 1.807) is 6.20 Å². The lowest BCUT2D eigenvalue weighted by molar-refractivity contribution is 0.0694. The molecule has 1 atom stereocenters. The van der Waals surface area contributed by atoms with Gasteiger partial charge in [-0.05, 0) is 45.4 Å². The first kappa shape index (κ1) is 20.9. The minimum Gasteiger partial charge on any atom is -0.487 e. The summed E-state index contributed by atoms with van der Waals surface area (Å²) in [5.41, 5.74) is 1.97. The molecule has 0 saturated carbocycles. The van der Waals surface area contributed by atoms with Crippen molar-refractivity contribution < 1.29 is 4.74 Å².